The summed E-state index contributed by atoms with van der Waals surface area (Å²) in [6, 6.07) is 7.85. The number of methoxy groups -OCH3 is 2. The van der Waals surface area contributed by atoms with E-state index in [0.29, 0.717) is 18.2 Å². The van der Waals surface area contributed by atoms with Gasteiger partial charge >= 0.3 is 0 Å². The Morgan fingerprint density at radius 3 is 2.52 bits per heavy atom. The van der Waals surface area contributed by atoms with Crippen molar-refractivity contribution in [3.8, 4) is 11.6 Å². The first-order valence-electron chi connectivity index (χ1n) is 6.86. The minimum atomic E-state index is 0.0124. The minimum Gasteiger partial charge on any atom is -0.494 e. The fourth-order valence-electron chi connectivity index (χ4n) is 2.14. The van der Waals surface area contributed by atoms with Gasteiger partial charge in [0.15, 0.2) is 5.76 Å². The summed E-state index contributed by atoms with van der Waals surface area (Å²) < 4.78 is 15.8. The molecule has 2 aromatic rings. The summed E-state index contributed by atoms with van der Waals surface area (Å²) in [5, 5.41) is 7.09. The van der Waals surface area contributed by atoms with Crippen molar-refractivity contribution in [2.24, 2.45) is 0 Å². The third kappa shape index (κ3) is 3.48. The Labute approximate surface area is 125 Å². The van der Waals surface area contributed by atoms with E-state index in [9.17, 15) is 0 Å². The Balaban J connectivity index is 2.20. The molecule has 0 aliphatic rings. The zero-order chi connectivity index (χ0) is 15.5. The number of hydrogen-bond donors (Lipinski definition) is 1. The quantitative estimate of drug-likeness (QED) is 0.911. The fourth-order valence-corrected chi connectivity index (χ4v) is 2.14. The average molecular weight is 290 g/mol. The van der Waals surface area contributed by atoms with Crippen LogP contribution in [-0.2, 0) is 12.0 Å². The van der Waals surface area contributed by atoms with Crippen LogP contribution < -0.4 is 14.8 Å². The van der Waals surface area contributed by atoms with Crippen LogP contribution in [0.4, 0.5) is 5.69 Å². The number of ether oxygens (including phenoxy) is 2. The first-order chi connectivity index (χ1) is 9.95. The highest BCUT2D eigenvalue weighted by atomic mass is 16.5. The van der Waals surface area contributed by atoms with Crippen molar-refractivity contribution in [2.45, 2.75) is 32.7 Å². The molecule has 5 heteroatoms. The van der Waals surface area contributed by atoms with Gasteiger partial charge in [0.2, 0.25) is 0 Å². The topological polar surface area (TPSA) is 56.5 Å². The highest BCUT2D eigenvalue weighted by Crippen LogP contribution is 2.37. The Hall–Kier alpha value is -2.17. The lowest BCUT2D eigenvalue weighted by Gasteiger charge is -2.24. The Morgan fingerprint density at radius 2 is 1.95 bits per heavy atom. The van der Waals surface area contributed by atoms with E-state index in [2.05, 4.69) is 37.3 Å². The van der Waals surface area contributed by atoms with Gasteiger partial charge in [0.05, 0.1) is 26.5 Å². The smallest absolute Gasteiger partial charge is 0.254 e. The van der Waals surface area contributed by atoms with Crippen molar-refractivity contribution in [1.82, 2.24) is 5.16 Å². The molecule has 0 spiro atoms. The van der Waals surface area contributed by atoms with Crippen LogP contribution in [-0.4, -0.2) is 19.4 Å². The summed E-state index contributed by atoms with van der Waals surface area (Å²) >= 11 is 0. The van der Waals surface area contributed by atoms with Crippen molar-refractivity contribution in [1.29, 1.82) is 0 Å². The zero-order valence-corrected chi connectivity index (χ0v) is 13.2. The fraction of sp³-hybridized carbons (Fsp3) is 0.438. The highest BCUT2D eigenvalue weighted by Gasteiger charge is 2.20. The molecule has 1 aromatic carbocycles. The van der Waals surface area contributed by atoms with Gasteiger partial charge in [0.25, 0.3) is 5.88 Å². The van der Waals surface area contributed by atoms with Crippen molar-refractivity contribution < 1.29 is 14.0 Å². The lowest BCUT2D eigenvalue weighted by atomic mass is 9.86. The summed E-state index contributed by atoms with van der Waals surface area (Å²) in [6.45, 7) is 7.00. The molecule has 0 aliphatic heterocycles. The number of anilines is 1. The van der Waals surface area contributed by atoms with E-state index in [4.69, 9.17) is 14.0 Å². The lowest BCUT2D eigenvalue weighted by molar-refractivity contribution is 0.328. The predicted molar refractivity (Wildman–Crippen MR) is 82.1 cm³/mol. The van der Waals surface area contributed by atoms with E-state index in [-0.39, 0.29) is 5.41 Å². The average Bonchev–Trinajstić information content (AvgIpc) is 2.91. The largest absolute Gasteiger partial charge is 0.494 e. The second-order valence-electron chi connectivity index (χ2n) is 5.83. The number of para-hydroxylation sites is 1. The molecule has 0 bridgehead atoms. The summed E-state index contributed by atoms with van der Waals surface area (Å²) in [6.07, 6.45) is 0. The van der Waals surface area contributed by atoms with Gasteiger partial charge in [-0.15, -0.1) is 0 Å². The van der Waals surface area contributed by atoms with Gasteiger partial charge in [-0.2, -0.15) is 0 Å². The molecular formula is C16H22N2O3. The van der Waals surface area contributed by atoms with E-state index in [1.807, 2.05) is 12.1 Å². The van der Waals surface area contributed by atoms with Gasteiger partial charge in [-0.1, -0.05) is 32.9 Å². The molecule has 0 saturated heterocycles. The first kappa shape index (κ1) is 15.2. The molecule has 114 valence electrons. The van der Waals surface area contributed by atoms with Crippen molar-refractivity contribution in [3.05, 3.63) is 35.6 Å². The Morgan fingerprint density at radius 1 is 1.19 bits per heavy atom. The number of rotatable bonds is 5. The van der Waals surface area contributed by atoms with Crippen molar-refractivity contribution in [3.63, 3.8) is 0 Å². The lowest BCUT2D eigenvalue weighted by Crippen LogP contribution is -2.14. The van der Waals surface area contributed by atoms with Crippen molar-refractivity contribution in [2.75, 3.05) is 19.5 Å². The standard InChI is InChI=1S/C16H22N2O3/c1-16(2,3)12-7-6-8-13(15(12)20-5)17-10-11-9-14(19-4)18-21-11/h6-9,17H,10H2,1-5H3. The van der Waals surface area contributed by atoms with E-state index in [0.717, 1.165) is 17.0 Å². The summed E-state index contributed by atoms with van der Waals surface area (Å²) in [5.74, 6) is 2.04. The van der Waals surface area contributed by atoms with E-state index in [1.54, 1.807) is 20.3 Å². The molecule has 0 aliphatic carbocycles. The van der Waals surface area contributed by atoms with Crippen LogP contribution in [0.25, 0.3) is 0 Å². The number of nitrogens with one attached hydrogen (secondary N) is 1. The summed E-state index contributed by atoms with van der Waals surface area (Å²) in [5.41, 5.74) is 2.10. The molecule has 2 rings (SSSR count). The second kappa shape index (κ2) is 6.08. The summed E-state index contributed by atoms with van der Waals surface area (Å²) in [4.78, 5) is 0. The normalized spacial score (nSPS) is 11.3. The van der Waals surface area contributed by atoms with Crippen LogP contribution in [0.1, 0.15) is 32.1 Å². The van der Waals surface area contributed by atoms with Gasteiger partial charge in [-0.3, -0.25) is 0 Å². The minimum absolute atomic E-state index is 0.0124. The SMILES string of the molecule is COc1cc(CNc2cccc(C(C)(C)C)c2OC)on1. The maximum atomic E-state index is 5.58. The van der Waals surface area contributed by atoms with Gasteiger partial charge in [0, 0.05) is 11.6 Å². The Kier molecular flexibility index (Phi) is 4.40. The second-order valence-corrected chi connectivity index (χ2v) is 5.83. The van der Waals surface area contributed by atoms with E-state index >= 15 is 0 Å². The van der Waals surface area contributed by atoms with E-state index < -0.39 is 0 Å². The molecule has 1 N–H and O–H groups in total. The molecule has 1 aromatic heterocycles. The molecule has 0 unspecified atom stereocenters. The van der Waals surface area contributed by atoms with Crippen LogP contribution in [0.15, 0.2) is 28.8 Å². The zero-order valence-electron chi connectivity index (χ0n) is 13.2. The maximum Gasteiger partial charge on any atom is 0.254 e. The van der Waals surface area contributed by atoms with Gasteiger partial charge in [-0.05, 0) is 16.6 Å². The maximum absolute atomic E-state index is 5.58. The number of hydrogen-bond acceptors (Lipinski definition) is 5. The van der Waals surface area contributed by atoms with Crippen molar-refractivity contribution >= 4 is 5.69 Å². The highest BCUT2D eigenvalue weighted by molar-refractivity contribution is 5.61. The predicted octanol–water partition coefficient (Wildman–Crippen LogP) is 3.60. The molecule has 21 heavy (non-hydrogen) atoms. The van der Waals surface area contributed by atoms with Gasteiger partial charge in [-0.25, -0.2) is 0 Å². The number of nitrogens with zero attached hydrogens (tertiary/aromatic N) is 1. The molecule has 0 amide bonds. The number of aromatic nitrogens is 1. The van der Waals surface area contributed by atoms with Crippen LogP contribution >= 0.6 is 0 Å². The molecule has 0 fully saturated rings. The molecule has 1 heterocycles. The van der Waals surface area contributed by atoms with Crippen LogP contribution in [0, 0.1) is 0 Å². The molecular weight excluding hydrogens is 268 g/mol. The Bertz CT molecular complexity index is 600. The van der Waals surface area contributed by atoms with Gasteiger partial charge < -0.3 is 19.3 Å². The molecule has 0 saturated carbocycles. The summed E-state index contributed by atoms with van der Waals surface area (Å²) in [7, 11) is 3.25. The third-order valence-corrected chi connectivity index (χ3v) is 3.23. The van der Waals surface area contributed by atoms with E-state index in [1.165, 1.54) is 0 Å². The number of benzene rings is 1. The van der Waals surface area contributed by atoms with Crippen LogP contribution in [0.3, 0.4) is 0 Å². The first-order valence-corrected chi connectivity index (χ1v) is 6.86. The van der Waals surface area contributed by atoms with Crippen LogP contribution in [0.2, 0.25) is 0 Å². The van der Waals surface area contributed by atoms with Crippen LogP contribution in [0.5, 0.6) is 11.6 Å². The monoisotopic (exact) mass is 290 g/mol. The third-order valence-electron chi connectivity index (χ3n) is 3.23. The molecule has 5 nitrogen and oxygen atoms in total. The molecule has 0 atom stereocenters. The molecule has 0 radical (unpaired) electrons. The van der Waals surface area contributed by atoms with Gasteiger partial charge in [0.1, 0.15) is 5.75 Å².